The van der Waals surface area contributed by atoms with Gasteiger partial charge in [0.1, 0.15) is 11.6 Å². The van der Waals surface area contributed by atoms with E-state index in [1.807, 2.05) is 6.26 Å². The minimum atomic E-state index is -0.507. The van der Waals surface area contributed by atoms with Crippen molar-refractivity contribution in [1.82, 2.24) is 4.98 Å². The number of rotatable bonds is 6. The van der Waals surface area contributed by atoms with Crippen LogP contribution < -0.4 is 4.90 Å². The van der Waals surface area contributed by atoms with Gasteiger partial charge in [0.15, 0.2) is 5.13 Å². The van der Waals surface area contributed by atoms with Crippen molar-refractivity contribution in [2.45, 2.75) is 17.2 Å². The van der Waals surface area contributed by atoms with Crippen molar-refractivity contribution in [2.75, 3.05) is 18.2 Å². The minimum Gasteiger partial charge on any atom is -0.390 e. The molecule has 0 fully saturated rings. The zero-order chi connectivity index (χ0) is 20.3. The van der Waals surface area contributed by atoms with Gasteiger partial charge in [-0.2, -0.15) is 0 Å². The van der Waals surface area contributed by atoms with Crippen LogP contribution in [0.2, 0.25) is 0 Å². The maximum absolute atomic E-state index is 13.9. The van der Waals surface area contributed by atoms with Gasteiger partial charge in [-0.15, -0.1) is 11.8 Å². The predicted molar refractivity (Wildman–Crippen MR) is 109 cm³/mol. The van der Waals surface area contributed by atoms with Crippen LogP contribution in [-0.4, -0.2) is 29.3 Å². The van der Waals surface area contributed by atoms with E-state index >= 15 is 0 Å². The average Bonchev–Trinajstić information content (AvgIpc) is 3.13. The third kappa shape index (κ3) is 4.40. The summed E-state index contributed by atoms with van der Waals surface area (Å²) in [4.78, 5) is 18.3. The standard InChI is InChI=1S/C20H18F2N2O2S2/c1-24(20-23-17(11-25)19(27-2)28-20)18(26)9-12-3-5-13(6-4-12)15-10-14(21)7-8-16(15)22/h3-8,10,25H,9,11H2,1-2H3. The summed E-state index contributed by atoms with van der Waals surface area (Å²) in [7, 11) is 1.64. The summed E-state index contributed by atoms with van der Waals surface area (Å²) < 4.78 is 28.2. The van der Waals surface area contributed by atoms with E-state index in [4.69, 9.17) is 0 Å². The summed E-state index contributed by atoms with van der Waals surface area (Å²) in [5.74, 6) is -1.17. The Morgan fingerprint density at radius 1 is 1.21 bits per heavy atom. The molecule has 0 aliphatic heterocycles. The largest absolute Gasteiger partial charge is 0.390 e. The number of anilines is 1. The molecule has 0 radical (unpaired) electrons. The summed E-state index contributed by atoms with van der Waals surface area (Å²) in [6, 6.07) is 10.1. The Morgan fingerprint density at radius 2 is 1.93 bits per heavy atom. The van der Waals surface area contributed by atoms with Gasteiger partial charge in [-0.25, -0.2) is 13.8 Å². The van der Waals surface area contributed by atoms with Gasteiger partial charge < -0.3 is 5.11 Å². The number of hydrogen-bond acceptors (Lipinski definition) is 5. The summed E-state index contributed by atoms with van der Waals surface area (Å²) in [5, 5.41) is 9.88. The van der Waals surface area contributed by atoms with Crippen LogP contribution in [0.15, 0.2) is 46.7 Å². The van der Waals surface area contributed by atoms with Crippen molar-refractivity contribution < 1.29 is 18.7 Å². The molecule has 0 unspecified atom stereocenters. The summed E-state index contributed by atoms with van der Waals surface area (Å²) in [6.07, 6.45) is 2.03. The Hall–Kier alpha value is -2.29. The number of halogens is 2. The SMILES string of the molecule is CSc1sc(N(C)C(=O)Cc2ccc(-c3cc(F)ccc3F)cc2)nc1CO. The van der Waals surface area contributed by atoms with Gasteiger partial charge >= 0.3 is 0 Å². The highest BCUT2D eigenvalue weighted by Gasteiger charge is 2.18. The fourth-order valence-electron chi connectivity index (χ4n) is 2.65. The molecule has 8 heteroatoms. The highest BCUT2D eigenvalue weighted by atomic mass is 32.2. The molecular weight excluding hydrogens is 402 g/mol. The maximum Gasteiger partial charge on any atom is 0.232 e. The Labute approximate surface area is 169 Å². The number of likely N-dealkylation sites (N-methyl/N-ethyl adjacent to an activating group) is 1. The van der Waals surface area contributed by atoms with E-state index in [0.717, 1.165) is 28.0 Å². The van der Waals surface area contributed by atoms with Crippen molar-refractivity contribution in [1.29, 1.82) is 0 Å². The summed E-state index contributed by atoms with van der Waals surface area (Å²) in [6.45, 7) is -0.174. The van der Waals surface area contributed by atoms with Gasteiger partial charge in [-0.1, -0.05) is 35.6 Å². The topological polar surface area (TPSA) is 53.4 Å². The van der Waals surface area contributed by atoms with Crippen LogP contribution in [0.4, 0.5) is 13.9 Å². The van der Waals surface area contributed by atoms with Gasteiger partial charge in [0, 0.05) is 12.6 Å². The molecule has 4 nitrogen and oxygen atoms in total. The first-order valence-electron chi connectivity index (χ1n) is 8.38. The van der Waals surface area contributed by atoms with Crippen LogP contribution in [0.5, 0.6) is 0 Å². The summed E-state index contributed by atoms with van der Waals surface area (Å²) >= 11 is 2.83. The average molecular weight is 421 g/mol. The third-order valence-electron chi connectivity index (χ3n) is 4.20. The van der Waals surface area contributed by atoms with E-state index in [2.05, 4.69) is 4.98 Å². The molecule has 0 spiro atoms. The lowest BCUT2D eigenvalue weighted by atomic mass is 10.0. The second-order valence-electron chi connectivity index (χ2n) is 6.04. The van der Waals surface area contributed by atoms with E-state index in [9.17, 15) is 18.7 Å². The smallest absolute Gasteiger partial charge is 0.232 e. The Balaban J connectivity index is 1.74. The van der Waals surface area contributed by atoms with E-state index in [-0.39, 0.29) is 24.5 Å². The molecule has 28 heavy (non-hydrogen) atoms. The number of aliphatic hydroxyl groups is 1. The number of benzene rings is 2. The molecule has 1 aromatic heterocycles. The molecule has 146 valence electrons. The fraction of sp³-hybridized carbons (Fsp3) is 0.200. The highest BCUT2D eigenvalue weighted by molar-refractivity contribution is 8.00. The van der Waals surface area contributed by atoms with E-state index < -0.39 is 11.6 Å². The monoisotopic (exact) mass is 420 g/mol. The molecule has 1 N–H and O–H groups in total. The molecular formula is C20H18F2N2O2S2. The lowest BCUT2D eigenvalue weighted by Crippen LogP contribution is -2.27. The number of hydrogen-bond donors (Lipinski definition) is 1. The van der Waals surface area contributed by atoms with E-state index in [1.54, 1.807) is 31.3 Å². The van der Waals surface area contributed by atoms with Gasteiger partial charge in [0.25, 0.3) is 0 Å². The molecule has 1 heterocycles. The van der Waals surface area contributed by atoms with Crippen LogP contribution in [0.1, 0.15) is 11.3 Å². The molecule has 0 aliphatic rings. The zero-order valence-corrected chi connectivity index (χ0v) is 16.9. The molecule has 2 aromatic carbocycles. The lowest BCUT2D eigenvalue weighted by molar-refractivity contribution is -0.117. The number of carbonyl (C=O) groups excluding carboxylic acids is 1. The molecule has 0 saturated carbocycles. The van der Waals surface area contributed by atoms with Gasteiger partial charge in [-0.3, -0.25) is 9.69 Å². The molecule has 3 rings (SSSR count). The fourth-order valence-corrected chi connectivity index (χ4v) is 4.34. The van der Waals surface area contributed by atoms with E-state index in [0.29, 0.717) is 16.4 Å². The van der Waals surface area contributed by atoms with Crippen molar-refractivity contribution in [3.05, 3.63) is 65.4 Å². The number of aliphatic hydroxyl groups excluding tert-OH is 1. The first-order chi connectivity index (χ1) is 13.4. The van der Waals surface area contributed by atoms with Crippen LogP contribution in [-0.2, 0) is 17.8 Å². The normalized spacial score (nSPS) is 10.9. The number of amides is 1. The number of aromatic nitrogens is 1. The Morgan fingerprint density at radius 3 is 2.54 bits per heavy atom. The predicted octanol–water partition coefficient (Wildman–Crippen LogP) is 4.51. The van der Waals surface area contributed by atoms with Gasteiger partial charge in [0.2, 0.25) is 5.91 Å². The number of nitrogens with zero attached hydrogens (tertiary/aromatic N) is 2. The second-order valence-corrected chi connectivity index (χ2v) is 8.10. The zero-order valence-electron chi connectivity index (χ0n) is 15.3. The van der Waals surface area contributed by atoms with Crippen molar-refractivity contribution in [2.24, 2.45) is 0 Å². The number of carbonyl (C=O) groups is 1. The van der Waals surface area contributed by atoms with Crippen molar-refractivity contribution in [3.8, 4) is 11.1 Å². The van der Waals surface area contributed by atoms with Crippen LogP contribution >= 0.6 is 23.1 Å². The van der Waals surface area contributed by atoms with Gasteiger partial charge in [0.05, 0.1) is 22.9 Å². The molecule has 0 bridgehead atoms. The van der Waals surface area contributed by atoms with E-state index in [1.165, 1.54) is 28.0 Å². The van der Waals surface area contributed by atoms with Crippen molar-refractivity contribution >= 4 is 34.1 Å². The number of thiazole rings is 1. The number of thioether (sulfide) groups is 1. The quantitative estimate of drug-likeness (QED) is 0.597. The van der Waals surface area contributed by atoms with Crippen LogP contribution in [0.3, 0.4) is 0 Å². The third-order valence-corrected chi connectivity index (χ3v) is 6.52. The molecule has 0 saturated heterocycles. The summed E-state index contributed by atoms with van der Waals surface area (Å²) in [5.41, 5.74) is 2.03. The first kappa shape index (κ1) is 20.4. The van der Waals surface area contributed by atoms with Gasteiger partial charge in [-0.05, 0) is 35.6 Å². The Bertz CT molecular complexity index is 969. The Kier molecular flexibility index (Phi) is 6.43. The van der Waals surface area contributed by atoms with Crippen LogP contribution in [0, 0.1) is 11.6 Å². The molecule has 3 aromatic rings. The first-order valence-corrected chi connectivity index (χ1v) is 10.4. The van der Waals surface area contributed by atoms with Crippen molar-refractivity contribution in [3.63, 3.8) is 0 Å². The van der Waals surface area contributed by atoms with Crippen LogP contribution in [0.25, 0.3) is 11.1 Å². The molecule has 0 aliphatic carbocycles. The lowest BCUT2D eigenvalue weighted by Gasteiger charge is -2.14. The maximum atomic E-state index is 13.9. The second kappa shape index (κ2) is 8.81. The highest BCUT2D eigenvalue weighted by Crippen LogP contribution is 2.33. The molecule has 1 amide bonds. The minimum absolute atomic E-state index is 0.144. The molecule has 0 atom stereocenters.